The Morgan fingerprint density at radius 2 is 1.67 bits per heavy atom. The van der Waals surface area contributed by atoms with Crippen molar-refractivity contribution in [3.05, 3.63) is 35.9 Å². The minimum Gasteiger partial charge on any atom is -0.481 e. The van der Waals surface area contributed by atoms with E-state index in [4.69, 9.17) is 5.11 Å². The van der Waals surface area contributed by atoms with Crippen LogP contribution in [-0.2, 0) is 9.59 Å². The summed E-state index contributed by atoms with van der Waals surface area (Å²) in [6, 6.07) is 7.85. The average molecular weight is 260 g/mol. The van der Waals surface area contributed by atoms with Gasteiger partial charge in [-0.3, -0.25) is 9.59 Å². The Hall–Kier alpha value is -1.85. The van der Waals surface area contributed by atoms with Gasteiger partial charge in [0.2, 0.25) is 5.78 Å². The molecule has 18 heavy (non-hydrogen) atoms. The number of rotatable bonds is 5. The third-order valence-corrected chi connectivity index (χ3v) is 2.44. The number of halogens is 3. The highest BCUT2D eigenvalue weighted by molar-refractivity contribution is 5.85. The van der Waals surface area contributed by atoms with E-state index in [0.717, 1.165) is 0 Å². The molecule has 0 fully saturated rings. The first-order valence-electron chi connectivity index (χ1n) is 5.17. The lowest BCUT2D eigenvalue weighted by Gasteiger charge is -2.15. The lowest BCUT2D eigenvalue weighted by molar-refractivity contribution is -0.171. The molecule has 1 N–H and O–H groups in total. The van der Waals surface area contributed by atoms with Crippen molar-refractivity contribution in [1.29, 1.82) is 0 Å². The molecular formula is C12H11F3O3. The summed E-state index contributed by atoms with van der Waals surface area (Å²) in [7, 11) is 0. The first kappa shape index (κ1) is 14.2. The molecule has 0 saturated heterocycles. The zero-order chi connectivity index (χ0) is 13.8. The maximum atomic E-state index is 12.2. The Morgan fingerprint density at radius 1 is 1.11 bits per heavy atom. The van der Waals surface area contributed by atoms with Crippen LogP contribution in [-0.4, -0.2) is 23.0 Å². The van der Waals surface area contributed by atoms with E-state index in [1.165, 1.54) is 12.1 Å². The summed E-state index contributed by atoms with van der Waals surface area (Å²) in [6.07, 6.45) is -6.28. The first-order valence-corrected chi connectivity index (χ1v) is 5.17. The lowest BCUT2D eigenvalue weighted by Crippen LogP contribution is -2.25. The van der Waals surface area contributed by atoms with E-state index in [-0.39, 0.29) is 0 Å². The maximum Gasteiger partial charge on any atom is 0.449 e. The van der Waals surface area contributed by atoms with Crippen LogP contribution < -0.4 is 0 Å². The molecule has 1 aromatic rings. The van der Waals surface area contributed by atoms with Crippen molar-refractivity contribution in [2.24, 2.45) is 0 Å². The van der Waals surface area contributed by atoms with Gasteiger partial charge in [0.15, 0.2) is 0 Å². The Kier molecular flexibility index (Phi) is 4.47. The van der Waals surface area contributed by atoms with Crippen LogP contribution in [0.3, 0.4) is 0 Å². The second kappa shape index (κ2) is 5.66. The molecule has 1 atom stereocenters. The molecule has 1 unspecified atom stereocenters. The predicted octanol–water partition coefficient (Wildman–Crippen LogP) is 2.77. The fourth-order valence-corrected chi connectivity index (χ4v) is 1.58. The zero-order valence-corrected chi connectivity index (χ0v) is 9.28. The fraction of sp³-hybridized carbons (Fsp3) is 0.333. The molecule has 0 aromatic heterocycles. The quantitative estimate of drug-likeness (QED) is 0.885. The van der Waals surface area contributed by atoms with E-state index in [2.05, 4.69) is 0 Å². The van der Waals surface area contributed by atoms with Gasteiger partial charge < -0.3 is 5.11 Å². The highest BCUT2D eigenvalue weighted by atomic mass is 19.4. The number of carboxylic acid groups (broad SMARTS) is 1. The summed E-state index contributed by atoms with van der Waals surface area (Å²) in [6.45, 7) is 0. The van der Waals surface area contributed by atoms with E-state index in [1.54, 1.807) is 18.2 Å². The Morgan fingerprint density at radius 3 is 2.11 bits per heavy atom. The fourth-order valence-electron chi connectivity index (χ4n) is 1.58. The molecule has 0 spiro atoms. The zero-order valence-electron chi connectivity index (χ0n) is 9.28. The van der Waals surface area contributed by atoms with Gasteiger partial charge in [0.25, 0.3) is 0 Å². The summed E-state index contributed by atoms with van der Waals surface area (Å²) in [4.78, 5) is 21.5. The summed E-state index contributed by atoms with van der Waals surface area (Å²) in [5.74, 6) is -4.10. The molecule has 0 bridgehead atoms. The van der Waals surface area contributed by atoms with Crippen molar-refractivity contribution >= 4 is 11.8 Å². The number of hydrogen-bond donors (Lipinski definition) is 1. The summed E-state index contributed by atoms with van der Waals surface area (Å²) >= 11 is 0. The van der Waals surface area contributed by atoms with E-state index in [9.17, 15) is 22.8 Å². The number of Topliss-reactive ketones (excluding diaryl/α,β-unsaturated/α-hetero) is 1. The third-order valence-electron chi connectivity index (χ3n) is 2.44. The minimum atomic E-state index is -4.93. The average Bonchev–Trinajstić information content (AvgIpc) is 2.27. The van der Waals surface area contributed by atoms with E-state index in [1.807, 2.05) is 0 Å². The molecule has 98 valence electrons. The van der Waals surface area contributed by atoms with Gasteiger partial charge in [-0.15, -0.1) is 0 Å². The molecule has 0 amide bonds. The largest absolute Gasteiger partial charge is 0.481 e. The maximum absolute atomic E-state index is 12.2. The molecule has 0 aliphatic rings. The molecule has 6 heteroatoms. The van der Waals surface area contributed by atoms with Gasteiger partial charge >= 0.3 is 12.1 Å². The lowest BCUT2D eigenvalue weighted by atomic mass is 9.90. The first-order chi connectivity index (χ1) is 8.30. The molecule has 0 heterocycles. The summed E-state index contributed by atoms with van der Waals surface area (Å²) in [5, 5.41) is 8.67. The Bertz CT molecular complexity index is 426. The summed E-state index contributed by atoms with van der Waals surface area (Å²) in [5.41, 5.74) is 0.414. The van der Waals surface area contributed by atoms with Crippen molar-refractivity contribution < 1.29 is 27.9 Å². The van der Waals surface area contributed by atoms with Gasteiger partial charge in [0.1, 0.15) is 0 Å². The van der Waals surface area contributed by atoms with Gasteiger partial charge in [-0.05, 0) is 5.56 Å². The standard InChI is InChI=1S/C12H11F3O3/c13-12(14,15)10(16)6-9(7-11(17)18)8-4-2-1-3-5-8/h1-5,9H,6-7H2,(H,17,18). The molecule has 0 aliphatic heterocycles. The van der Waals surface area contributed by atoms with Crippen LogP contribution in [0.5, 0.6) is 0 Å². The van der Waals surface area contributed by atoms with Crippen LogP contribution in [0.1, 0.15) is 24.3 Å². The molecule has 1 aromatic carbocycles. The van der Waals surface area contributed by atoms with Crippen molar-refractivity contribution in [2.45, 2.75) is 24.9 Å². The number of carbonyl (C=O) groups excluding carboxylic acids is 1. The number of carbonyl (C=O) groups is 2. The smallest absolute Gasteiger partial charge is 0.449 e. The third kappa shape index (κ3) is 4.20. The van der Waals surface area contributed by atoms with Gasteiger partial charge in [-0.1, -0.05) is 30.3 Å². The SMILES string of the molecule is O=C(O)CC(CC(=O)C(F)(F)F)c1ccccc1. The van der Waals surface area contributed by atoms with E-state index >= 15 is 0 Å². The second-order valence-corrected chi connectivity index (χ2v) is 3.83. The van der Waals surface area contributed by atoms with Crippen LogP contribution in [0.25, 0.3) is 0 Å². The normalized spacial score (nSPS) is 13.1. The highest BCUT2D eigenvalue weighted by Gasteiger charge is 2.39. The highest BCUT2D eigenvalue weighted by Crippen LogP contribution is 2.28. The summed E-state index contributed by atoms with van der Waals surface area (Å²) < 4.78 is 36.5. The number of hydrogen-bond acceptors (Lipinski definition) is 2. The number of ketones is 1. The van der Waals surface area contributed by atoms with Gasteiger partial charge in [-0.25, -0.2) is 0 Å². The van der Waals surface area contributed by atoms with Crippen LogP contribution in [0.2, 0.25) is 0 Å². The molecule has 1 rings (SSSR count). The minimum absolute atomic E-state index is 0.414. The molecule has 0 radical (unpaired) electrons. The molecule has 0 aliphatic carbocycles. The van der Waals surface area contributed by atoms with Crippen LogP contribution in [0, 0.1) is 0 Å². The monoisotopic (exact) mass is 260 g/mol. The molecule has 3 nitrogen and oxygen atoms in total. The Labute approximate surface area is 101 Å². The number of benzene rings is 1. The number of carboxylic acids is 1. The van der Waals surface area contributed by atoms with Crippen molar-refractivity contribution in [3.63, 3.8) is 0 Å². The van der Waals surface area contributed by atoms with Crippen LogP contribution in [0.4, 0.5) is 13.2 Å². The van der Waals surface area contributed by atoms with Crippen LogP contribution in [0.15, 0.2) is 30.3 Å². The number of aliphatic carboxylic acids is 1. The second-order valence-electron chi connectivity index (χ2n) is 3.83. The van der Waals surface area contributed by atoms with Gasteiger partial charge in [0, 0.05) is 12.3 Å². The van der Waals surface area contributed by atoms with Crippen molar-refractivity contribution in [2.75, 3.05) is 0 Å². The molecular weight excluding hydrogens is 249 g/mol. The van der Waals surface area contributed by atoms with Gasteiger partial charge in [-0.2, -0.15) is 13.2 Å². The Balaban J connectivity index is 2.87. The van der Waals surface area contributed by atoms with Gasteiger partial charge in [0.05, 0.1) is 6.42 Å². The van der Waals surface area contributed by atoms with Crippen molar-refractivity contribution in [1.82, 2.24) is 0 Å². The predicted molar refractivity (Wildman–Crippen MR) is 57.1 cm³/mol. The molecule has 0 saturated carbocycles. The van der Waals surface area contributed by atoms with E-state index in [0.29, 0.717) is 5.56 Å². The van der Waals surface area contributed by atoms with E-state index < -0.39 is 36.7 Å². The van der Waals surface area contributed by atoms with Crippen molar-refractivity contribution in [3.8, 4) is 0 Å². The van der Waals surface area contributed by atoms with Crippen LogP contribution >= 0.6 is 0 Å². The number of alkyl halides is 3. The topological polar surface area (TPSA) is 54.4 Å².